The monoisotopic (exact) mass is 372 g/mol. The van der Waals surface area contributed by atoms with E-state index in [4.69, 9.17) is 0 Å². The number of nitrogens with one attached hydrogen (secondary N) is 1. The van der Waals surface area contributed by atoms with Gasteiger partial charge >= 0.3 is 6.03 Å². The van der Waals surface area contributed by atoms with Gasteiger partial charge in [0.1, 0.15) is 6.04 Å². The summed E-state index contributed by atoms with van der Waals surface area (Å²) in [6, 6.07) is 9.31. The average molecular weight is 372 g/mol. The van der Waals surface area contributed by atoms with E-state index in [9.17, 15) is 14.4 Å². The Balaban J connectivity index is 1.48. The maximum absolute atomic E-state index is 12.5. The number of nitrogens with zero attached hydrogens (tertiary/aromatic N) is 3. The van der Waals surface area contributed by atoms with Crippen LogP contribution in [0.5, 0.6) is 0 Å². The van der Waals surface area contributed by atoms with Crippen molar-refractivity contribution in [2.24, 2.45) is 5.92 Å². The zero-order chi connectivity index (χ0) is 19.4. The second-order valence-corrected chi connectivity index (χ2v) is 7.26. The van der Waals surface area contributed by atoms with Crippen LogP contribution in [0.15, 0.2) is 30.3 Å². The number of hydrogen-bond donors (Lipinski definition) is 1. The molecule has 0 saturated carbocycles. The fourth-order valence-corrected chi connectivity index (χ4v) is 3.59. The van der Waals surface area contributed by atoms with Crippen LogP contribution in [0, 0.1) is 5.92 Å². The van der Waals surface area contributed by atoms with Crippen molar-refractivity contribution in [2.45, 2.75) is 32.7 Å². The third kappa shape index (κ3) is 4.23. The highest BCUT2D eigenvalue weighted by molar-refractivity contribution is 6.04. The van der Waals surface area contributed by atoms with E-state index >= 15 is 0 Å². The van der Waals surface area contributed by atoms with Crippen molar-refractivity contribution < 1.29 is 14.4 Å². The van der Waals surface area contributed by atoms with Crippen LogP contribution in [0.25, 0.3) is 0 Å². The molecule has 2 aliphatic rings. The summed E-state index contributed by atoms with van der Waals surface area (Å²) >= 11 is 0. The fraction of sp³-hybridized carbons (Fsp3) is 0.550. The first-order chi connectivity index (χ1) is 13.0. The molecule has 0 aromatic heterocycles. The number of benzene rings is 1. The van der Waals surface area contributed by atoms with Gasteiger partial charge in [0.2, 0.25) is 5.91 Å². The van der Waals surface area contributed by atoms with E-state index in [0.717, 1.165) is 19.5 Å². The predicted molar refractivity (Wildman–Crippen MR) is 103 cm³/mol. The van der Waals surface area contributed by atoms with Gasteiger partial charge in [-0.1, -0.05) is 38.5 Å². The van der Waals surface area contributed by atoms with Crippen LogP contribution in [0.4, 0.5) is 10.5 Å². The Hall–Kier alpha value is -2.57. The summed E-state index contributed by atoms with van der Waals surface area (Å²) in [6.07, 6.45) is 0.993. The van der Waals surface area contributed by atoms with E-state index in [-0.39, 0.29) is 36.7 Å². The SMILES string of the molecule is CC[C@H](C)[C@@H]1NC(=O)N(CCC(=O)N2CCN(c3ccccc3)CC2)C1=O. The van der Waals surface area contributed by atoms with E-state index in [1.165, 1.54) is 10.6 Å². The molecule has 2 atom stereocenters. The van der Waals surface area contributed by atoms with Gasteiger partial charge in [-0.25, -0.2) is 4.79 Å². The molecule has 3 rings (SSSR count). The molecule has 1 N–H and O–H groups in total. The average Bonchev–Trinajstić information content (AvgIpc) is 3.00. The van der Waals surface area contributed by atoms with Crippen molar-refractivity contribution >= 4 is 23.5 Å². The number of para-hydroxylation sites is 1. The number of carbonyl (C=O) groups excluding carboxylic acids is 3. The number of anilines is 1. The minimum atomic E-state index is -0.466. The standard InChI is InChI=1S/C20H28N4O3/c1-3-15(2)18-19(26)24(20(27)21-18)10-9-17(25)23-13-11-22(12-14-23)16-7-5-4-6-8-16/h4-8,15,18H,3,9-14H2,1-2H3,(H,21,27)/t15-,18-/m0/s1. The molecule has 2 heterocycles. The second kappa shape index (κ2) is 8.41. The first kappa shape index (κ1) is 19.2. The summed E-state index contributed by atoms with van der Waals surface area (Å²) in [5, 5.41) is 2.74. The van der Waals surface area contributed by atoms with E-state index in [1.807, 2.05) is 36.9 Å². The molecular formula is C20H28N4O3. The zero-order valence-electron chi connectivity index (χ0n) is 16.1. The Kier molecular flexibility index (Phi) is 5.98. The van der Waals surface area contributed by atoms with Crippen molar-refractivity contribution in [3.63, 3.8) is 0 Å². The summed E-state index contributed by atoms with van der Waals surface area (Å²) < 4.78 is 0. The van der Waals surface area contributed by atoms with E-state index < -0.39 is 6.04 Å². The van der Waals surface area contributed by atoms with Crippen molar-refractivity contribution in [3.8, 4) is 0 Å². The smallest absolute Gasteiger partial charge is 0.324 e. The molecule has 1 aromatic rings. The molecule has 7 nitrogen and oxygen atoms in total. The molecule has 146 valence electrons. The zero-order valence-corrected chi connectivity index (χ0v) is 16.1. The maximum atomic E-state index is 12.5. The van der Waals surface area contributed by atoms with Crippen LogP contribution in [-0.2, 0) is 9.59 Å². The number of rotatable bonds is 6. The number of hydrogen-bond acceptors (Lipinski definition) is 4. The molecular weight excluding hydrogens is 344 g/mol. The topological polar surface area (TPSA) is 73.0 Å². The van der Waals surface area contributed by atoms with Crippen molar-refractivity contribution in [1.29, 1.82) is 0 Å². The van der Waals surface area contributed by atoms with E-state index in [1.54, 1.807) is 0 Å². The lowest BCUT2D eigenvalue weighted by Crippen LogP contribution is -2.49. The highest BCUT2D eigenvalue weighted by Crippen LogP contribution is 2.18. The van der Waals surface area contributed by atoms with Gasteiger partial charge < -0.3 is 15.1 Å². The van der Waals surface area contributed by atoms with Gasteiger partial charge in [-0.05, 0) is 18.1 Å². The number of imide groups is 1. The molecule has 2 saturated heterocycles. The first-order valence-electron chi connectivity index (χ1n) is 9.71. The highest BCUT2D eigenvalue weighted by Gasteiger charge is 2.40. The van der Waals surface area contributed by atoms with Crippen LogP contribution in [0.3, 0.4) is 0 Å². The van der Waals surface area contributed by atoms with Crippen LogP contribution < -0.4 is 10.2 Å². The quantitative estimate of drug-likeness (QED) is 0.772. The first-order valence-corrected chi connectivity index (χ1v) is 9.71. The Morgan fingerprint density at radius 3 is 2.44 bits per heavy atom. The summed E-state index contributed by atoms with van der Waals surface area (Å²) in [4.78, 5) is 42.3. The second-order valence-electron chi connectivity index (χ2n) is 7.26. The number of amides is 4. The van der Waals surface area contributed by atoms with Crippen LogP contribution in [0.1, 0.15) is 26.7 Å². The van der Waals surface area contributed by atoms with Crippen LogP contribution >= 0.6 is 0 Å². The molecule has 1 aromatic carbocycles. The van der Waals surface area contributed by atoms with Gasteiger partial charge in [-0.3, -0.25) is 14.5 Å². The van der Waals surface area contributed by atoms with Gasteiger partial charge in [-0.2, -0.15) is 0 Å². The van der Waals surface area contributed by atoms with Gasteiger partial charge in [-0.15, -0.1) is 0 Å². The minimum absolute atomic E-state index is 0.00435. The van der Waals surface area contributed by atoms with Crippen molar-refractivity contribution in [2.75, 3.05) is 37.6 Å². The molecule has 0 bridgehead atoms. The van der Waals surface area contributed by atoms with Crippen molar-refractivity contribution in [1.82, 2.24) is 15.1 Å². The Bertz CT molecular complexity index is 686. The molecule has 4 amide bonds. The largest absolute Gasteiger partial charge is 0.368 e. The maximum Gasteiger partial charge on any atom is 0.324 e. The molecule has 2 fully saturated rings. The summed E-state index contributed by atoms with van der Waals surface area (Å²) in [5.74, 6) is -0.125. The molecule has 0 unspecified atom stereocenters. The van der Waals surface area contributed by atoms with Gasteiger partial charge in [0.15, 0.2) is 0 Å². The predicted octanol–water partition coefficient (Wildman–Crippen LogP) is 1.69. The van der Waals surface area contributed by atoms with E-state index in [0.29, 0.717) is 13.1 Å². The third-order valence-electron chi connectivity index (χ3n) is 5.57. The third-order valence-corrected chi connectivity index (χ3v) is 5.57. The molecule has 0 radical (unpaired) electrons. The molecule has 27 heavy (non-hydrogen) atoms. The number of piperazine rings is 1. The summed E-state index contributed by atoms with van der Waals surface area (Å²) in [5.41, 5.74) is 1.17. The van der Waals surface area contributed by atoms with Crippen molar-refractivity contribution in [3.05, 3.63) is 30.3 Å². The van der Waals surface area contributed by atoms with Gasteiger partial charge in [0.25, 0.3) is 5.91 Å². The lowest BCUT2D eigenvalue weighted by molar-refractivity contribution is -0.132. The lowest BCUT2D eigenvalue weighted by Gasteiger charge is -2.36. The summed E-state index contributed by atoms with van der Waals surface area (Å²) in [7, 11) is 0. The normalized spacial score (nSPS) is 21.4. The molecule has 7 heteroatoms. The Morgan fingerprint density at radius 1 is 1.15 bits per heavy atom. The van der Waals surface area contributed by atoms with Gasteiger partial charge in [0.05, 0.1) is 0 Å². The number of urea groups is 1. The lowest BCUT2D eigenvalue weighted by atomic mass is 9.99. The Labute approximate surface area is 160 Å². The molecule has 2 aliphatic heterocycles. The minimum Gasteiger partial charge on any atom is -0.368 e. The molecule has 0 spiro atoms. The van der Waals surface area contributed by atoms with Gasteiger partial charge in [0, 0.05) is 44.8 Å². The van der Waals surface area contributed by atoms with E-state index in [2.05, 4.69) is 22.3 Å². The fourth-order valence-electron chi connectivity index (χ4n) is 3.59. The number of carbonyl (C=O) groups is 3. The Morgan fingerprint density at radius 2 is 1.81 bits per heavy atom. The molecule has 0 aliphatic carbocycles. The highest BCUT2D eigenvalue weighted by atomic mass is 16.2. The van der Waals surface area contributed by atoms with Crippen LogP contribution in [0.2, 0.25) is 0 Å². The summed E-state index contributed by atoms with van der Waals surface area (Å²) in [6.45, 7) is 6.97. The van der Waals surface area contributed by atoms with Crippen LogP contribution in [-0.4, -0.2) is 66.4 Å².